The fraction of sp³-hybridized carbons (Fsp3) is 0.938. The molecule has 1 aliphatic carbocycles. The third-order valence-electron chi connectivity index (χ3n) is 4.53. The van der Waals surface area contributed by atoms with Gasteiger partial charge in [-0.05, 0) is 38.5 Å². The van der Waals surface area contributed by atoms with E-state index in [-0.39, 0.29) is 18.0 Å². The van der Waals surface area contributed by atoms with Crippen molar-refractivity contribution in [3.63, 3.8) is 0 Å². The molecule has 0 saturated heterocycles. The lowest BCUT2D eigenvalue weighted by Gasteiger charge is -2.36. The Hall–Kier alpha value is -0.610. The van der Waals surface area contributed by atoms with Gasteiger partial charge in [0.1, 0.15) is 0 Å². The van der Waals surface area contributed by atoms with Crippen molar-refractivity contribution < 1.29 is 9.90 Å². The molecule has 1 saturated carbocycles. The Morgan fingerprint density at radius 3 is 2.60 bits per heavy atom. The van der Waals surface area contributed by atoms with Gasteiger partial charge in [-0.25, -0.2) is 0 Å². The maximum absolute atomic E-state index is 12.1. The number of rotatable bonds is 7. The zero-order valence-corrected chi connectivity index (χ0v) is 13.5. The first-order chi connectivity index (χ1) is 9.40. The van der Waals surface area contributed by atoms with Gasteiger partial charge < -0.3 is 15.7 Å². The van der Waals surface area contributed by atoms with E-state index in [1.165, 1.54) is 6.42 Å². The van der Waals surface area contributed by atoms with Crippen LogP contribution in [0.2, 0.25) is 0 Å². The second-order valence-corrected chi connectivity index (χ2v) is 6.55. The number of aliphatic hydroxyl groups is 1. The van der Waals surface area contributed by atoms with E-state index in [9.17, 15) is 9.90 Å². The van der Waals surface area contributed by atoms with Crippen molar-refractivity contribution in [2.24, 2.45) is 5.92 Å². The minimum absolute atomic E-state index is 0.0335. The summed E-state index contributed by atoms with van der Waals surface area (Å²) in [7, 11) is 0. The number of nitrogens with one attached hydrogen (secondary N) is 2. The van der Waals surface area contributed by atoms with Gasteiger partial charge in [-0.3, -0.25) is 4.79 Å². The van der Waals surface area contributed by atoms with E-state index in [1.54, 1.807) is 0 Å². The van der Waals surface area contributed by atoms with Crippen LogP contribution in [0.1, 0.15) is 66.2 Å². The predicted octanol–water partition coefficient (Wildman–Crippen LogP) is 2.21. The summed E-state index contributed by atoms with van der Waals surface area (Å²) in [6, 6.07) is 0.00129. The minimum atomic E-state index is -0.638. The van der Waals surface area contributed by atoms with Crippen LogP contribution >= 0.6 is 0 Å². The Morgan fingerprint density at radius 2 is 2.05 bits per heavy atom. The second-order valence-electron chi connectivity index (χ2n) is 6.55. The van der Waals surface area contributed by atoms with Crippen LogP contribution in [0.3, 0.4) is 0 Å². The maximum Gasteiger partial charge on any atom is 0.237 e. The van der Waals surface area contributed by atoms with E-state index in [1.807, 2.05) is 6.92 Å². The molecule has 3 N–H and O–H groups in total. The molecule has 3 atom stereocenters. The molecule has 1 aliphatic rings. The SMILES string of the molecule is CCC(CC)NC(=O)C(C)NCC1(O)CCCC(C)C1. The average Bonchev–Trinajstić information content (AvgIpc) is 2.41. The third-order valence-corrected chi connectivity index (χ3v) is 4.53. The highest BCUT2D eigenvalue weighted by Gasteiger charge is 2.33. The van der Waals surface area contributed by atoms with Crippen LogP contribution in [0.5, 0.6) is 0 Å². The van der Waals surface area contributed by atoms with E-state index in [2.05, 4.69) is 31.4 Å². The zero-order chi connectivity index (χ0) is 15.2. The summed E-state index contributed by atoms with van der Waals surface area (Å²) < 4.78 is 0. The molecule has 0 spiro atoms. The van der Waals surface area contributed by atoms with Crippen molar-refractivity contribution >= 4 is 5.91 Å². The highest BCUT2D eigenvalue weighted by molar-refractivity contribution is 5.81. The van der Waals surface area contributed by atoms with Gasteiger partial charge in [0.05, 0.1) is 11.6 Å². The van der Waals surface area contributed by atoms with Gasteiger partial charge in [0.25, 0.3) is 0 Å². The molecule has 1 rings (SSSR count). The Morgan fingerprint density at radius 1 is 1.40 bits per heavy atom. The molecule has 0 aromatic rings. The first-order valence-electron chi connectivity index (χ1n) is 8.16. The summed E-state index contributed by atoms with van der Waals surface area (Å²) in [5.74, 6) is 0.607. The van der Waals surface area contributed by atoms with Crippen molar-refractivity contribution in [1.82, 2.24) is 10.6 Å². The molecule has 0 radical (unpaired) electrons. The lowest BCUT2D eigenvalue weighted by molar-refractivity contribution is -0.123. The first kappa shape index (κ1) is 17.4. The smallest absolute Gasteiger partial charge is 0.237 e. The van der Waals surface area contributed by atoms with Crippen molar-refractivity contribution in [1.29, 1.82) is 0 Å². The molecule has 3 unspecified atom stereocenters. The zero-order valence-electron chi connectivity index (χ0n) is 13.5. The molecule has 0 bridgehead atoms. The van der Waals surface area contributed by atoms with E-state index in [4.69, 9.17) is 0 Å². The average molecular weight is 284 g/mol. The molecule has 4 heteroatoms. The van der Waals surface area contributed by atoms with Gasteiger partial charge in [0, 0.05) is 12.6 Å². The van der Waals surface area contributed by atoms with Gasteiger partial charge in [-0.15, -0.1) is 0 Å². The molecule has 1 amide bonds. The van der Waals surface area contributed by atoms with Gasteiger partial charge in [0.15, 0.2) is 0 Å². The van der Waals surface area contributed by atoms with Crippen LogP contribution < -0.4 is 10.6 Å². The summed E-state index contributed by atoms with van der Waals surface area (Å²) >= 11 is 0. The van der Waals surface area contributed by atoms with Gasteiger partial charge in [-0.2, -0.15) is 0 Å². The molecule has 20 heavy (non-hydrogen) atoms. The molecule has 118 valence electrons. The van der Waals surface area contributed by atoms with Crippen LogP contribution in [0.15, 0.2) is 0 Å². The number of carbonyl (C=O) groups excluding carboxylic acids is 1. The van der Waals surface area contributed by atoms with Gasteiger partial charge >= 0.3 is 0 Å². The highest BCUT2D eigenvalue weighted by Crippen LogP contribution is 2.31. The van der Waals surface area contributed by atoms with Crippen LogP contribution in [-0.2, 0) is 4.79 Å². The fourth-order valence-corrected chi connectivity index (χ4v) is 3.05. The standard InChI is InChI=1S/C16H32N2O2/c1-5-14(6-2)18-15(19)13(4)17-11-16(20)9-7-8-12(3)10-16/h12-14,17,20H,5-11H2,1-4H3,(H,18,19). The highest BCUT2D eigenvalue weighted by atomic mass is 16.3. The van der Waals surface area contributed by atoms with E-state index < -0.39 is 5.60 Å². The normalized spacial score (nSPS) is 28.4. The molecule has 0 aromatic heterocycles. The third kappa shape index (κ3) is 5.41. The van der Waals surface area contributed by atoms with E-state index in [0.717, 1.165) is 32.1 Å². The number of carbonyl (C=O) groups is 1. The molecule has 0 aromatic carbocycles. The summed E-state index contributed by atoms with van der Waals surface area (Å²) in [5.41, 5.74) is -0.638. The Bertz CT molecular complexity index is 305. The van der Waals surface area contributed by atoms with E-state index >= 15 is 0 Å². The Labute approximate surface area is 123 Å². The minimum Gasteiger partial charge on any atom is -0.389 e. The summed E-state index contributed by atoms with van der Waals surface area (Å²) in [6.45, 7) is 8.73. The monoisotopic (exact) mass is 284 g/mol. The van der Waals surface area contributed by atoms with E-state index in [0.29, 0.717) is 12.5 Å². The number of hydrogen-bond donors (Lipinski definition) is 3. The van der Waals surface area contributed by atoms with Crippen LogP contribution in [-0.4, -0.2) is 35.2 Å². The predicted molar refractivity (Wildman–Crippen MR) is 82.6 cm³/mol. The lowest BCUT2D eigenvalue weighted by atomic mass is 9.79. The van der Waals surface area contributed by atoms with Crippen LogP contribution in [0.4, 0.5) is 0 Å². The molecule has 1 fully saturated rings. The quantitative estimate of drug-likeness (QED) is 0.672. The molecule has 0 aliphatic heterocycles. The first-order valence-corrected chi connectivity index (χ1v) is 8.16. The maximum atomic E-state index is 12.1. The molecular formula is C16H32N2O2. The summed E-state index contributed by atoms with van der Waals surface area (Å²) in [5, 5.41) is 16.8. The van der Waals surface area contributed by atoms with Gasteiger partial charge in [-0.1, -0.05) is 33.6 Å². The summed E-state index contributed by atoms with van der Waals surface area (Å²) in [6.07, 6.45) is 5.86. The largest absolute Gasteiger partial charge is 0.389 e. The van der Waals surface area contributed by atoms with Crippen molar-refractivity contribution in [3.05, 3.63) is 0 Å². The second kappa shape index (κ2) is 7.99. The van der Waals surface area contributed by atoms with Gasteiger partial charge in [0.2, 0.25) is 5.91 Å². The molecule has 0 heterocycles. The van der Waals surface area contributed by atoms with Crippen molar-refractivity contribution in [2.45, 2.75) is 83.9 Å². The number of hydrogen-bond acceptors (Lipinski definition) is 3. The lowest BCUT2D eigenvalue weighted by Crippen LogP contribution is -2.51. The summed E-state index contributed by atoms with van der Waals surface area (Å²) in [4.78, 5) is 12.1. The molecule has 4 nitrogen and oxygen atoms in total. The Kier molecular flexibility index (Phi) is 6.96. The van der Waals surface area contributed by atoms with Crippen LogP contribution in [0, 0.1) is 5.92 Å². The fourth-order valence-electron chi connectivity index (χ4n) is 3.05. The van der Waals surface area contributed by atoms with Crippen LogP contribution in [0.25, 0.3) is 0 Å². The van der Waals surface area contributed by atoms with Crippen molar-refractivity contribution in [3.8, 4) is 0 Å². The Balaban J connectivity index is 2.38. The number of amides is 1. The molecular weight excluding hydrogens is 252 g/mol. The topological polar surface area (TPSA) is 61.4 Å². The van der Waals surface area contributed by atoms with Crippen molar-refractivity contribution in [2.75, 3.05) is 6.54 Å².